The van der Waals surface area contributed by atoms with Crippen molar-refractivity contribution in [2.24, 2.45) is 5.92 Å². The van der Waals surface area contributed by atoms with E-state index in [2.05, 4.69) is 52.4 Å². The zero-order valence-corrected chi connectivity index (χ0v) is 14.9. The number of nitrogens with zero attached hydrogens (tertiary/aromatic N) is 2. The van der Waals surface area contributed by atoms with Gasteiger partial charge in [0.2, 0.25) is 5.91 Å². The molecule has 0 aliphatic carbocycles. The molecule has 0 bridgehead atoms. The average Bonchev–Trinajstić information content (AvgIpc) is 3.14. The van der Waals surface area contributed by atoms with Gasteiger partial charge in [0, 0.05) is 32.2 Å². The molecule has 3 rings (SSSR count). The summed E-state index contributed by atoms with van der Waals surface area (Å²) < 4.78 is 0. The van der Waals surface area contributed by atoms with Gasteiger partial charge in [0.15, 0.2) is 0 Å². The average molecular weight is 329 g/mol. The van der Waals surface area contributed by atoms with Crippen LogP contribution in [0.5, 0.6) is 0 Å². The predicted octanol–water partition coefficient (Wildman–Crippen LogP) is 2.50. The Morgan fingerprint density at radius 3 is 2.83 bits per heavy atom. The first-order valence-corrected chi connectivity index (χ1v) is 9.55. The van der Waals surface area contributed by atoms with Crippen molar-refractivity contribution in [2.75, 3.05) is 32.7 Å². The Balaban J connectivity index is 1.60. The summed E-state index contributed by atoms with van der Waals surface area (Å²) in [4.78, 5) is 17.8. The van der Waals surface area contributed by atoms with Gasteiger partial charge in [0.05, 0.1) is 5.92 Å². The smallest absolute Gasteiger partial charge is 0.227 e. The molecule has 1 N–H and O–H groups in total. The van der Waals surface area contributed by atoms with Gasteiger partial charge >= 0.3 is 0 Å². The van der Waals surface area contributed by atoms with Crippen molar-refractivity contribution in [2.45, 2.75) is 45.2 Å². The summed E-state index contributed by atoms with van der Waals surface area (Å²) in [6.07, 6.45) is 4.32. The van der Waals surface area contributed by atoms with E-state index in [1.54, 1.807) is 0 Å². The van der Waals surface area contributed by atoms with E-state index in [-0.39, 0.29) is 5.92 Å². The molecule has 0 radical (unpaired) electrons. The molecule has 1 amide bonds. The predicted molar refractivity (Wildman–Crippen MR) is 97.7 cm³/mol. The number of amides is 1. The van der Waals surface area contributed by atoms with E-state index in [1.807, 2.05) is 0 Å². The van der Waals surface area contributed by atoms with Crippen LogP contribution >= 0.6 is 0 Å². The minimum atomic E-state index is 0.176. The van der Waals surface area contributed by atoms with E-state index in [0.717, 1.165) is 65.0 Å². The molecular weight excluding hydrogens is 298 g/mol. The first-order valence-electron chi connectivity index (χ1n) is 9.55. The lowest BCUT2D eigenvalue weighted by Crippen LogP contribution is -2.49. The molecule has 1 aromatic rings. The lowest BCUT2D eigenvalue weighted by molar-refractivity contribution is -0.139. The second-order valence-corrected chi connectivity index (χ2v) is 7.24. The molecule has 4 nitrogen and oxygen atoms in total. The minimum Gasteiger partial charge on any atom is -0.338 e. The van der Waals surface area contributed by atoms with Crippen LogP contribution in [-0.4, -0.2) is 54.5 Å². The van der Waals surface area contributed by atoms with Crippen LogP contribution in [0, 0.1) is 5.92 Å². The summed E-state index contributed by atoms with van der Waals surface area (Å²) in [5.41, 5.74) is 1.34. The van der Waals surface area contributed by atoms with Crippen molar-refractivity contribution in [3.8, 4) is 0 Å². The van der Waals surface area contributed by atoms with Gasteiger partial charge in [0.1, 0.15) is 0 Å². The van der Waals surface area contributed by atoms with Crippen molar-refractivity contribution in [3.63, 3.8) is 0 Å². The van der Waals surface area contributed by atoms with Crippen LogP contribution in [0.1, 0.15) is 38.2 Å². The van der Waals surface area contributed by atoms with Gasteiger partial charge in [-0.1, -0.05) is 37.3 Å². The zero-order valence-electron chi connectivity index (χ0n) is 14.9. The van der Waals surface area contributed by atoms with Gasteiger partial charge in [0.25, 0.3) is 0 Å². The lowest BCUT2D eigenvalue weighted by Gasteiger charge is -2.37. The van der Waals surface area contributed by atoms with Gasteiger partial charge in [-0.05, 0) is 44.3 Å². The van der Waals surface area contributed by atoms with E-state index in [4.69, 9.17) is 0 Å². The highest BCUT2D eigenvalue weighted by Gasteiger charge is 2.33. The molecule has 2 aliphatic rings. The zero-order chi connectivity index (χ0) is 16.8. The van der Waals surface area contributed by atoms with Crippen molar-refractivity contribution in [3.05, 3.63) is 35.9 Å². The summed E-state index contributed by atoms with van der Waals surface area (Å²) in [7, 11) is 0. The third-order valence-electron chi connectivity index (χ3n) is 5.33. The van der Waals surface area contributed by atoms with Crippen molar-refractivity contribution >= 4 is 5.91 Å². The van der Waals surface area contributed by atoms with Gasteiger partial charge in [-0.25, -0.2) is 0 Å². The fourth-order valence-corrected chi connectivity index (χ4v) is 4.10. The maximum absolute atomic E-state index is 13.1. The minimum absolute atomic E-state index is 0.176. The second kappa shape index (κ2) is 8.63. The summed E-state index contributed by atoms with van der Waals surface area (Å²) in [5, 5.41) is 3.41. The Kier molecular flexibility index (Phi) is 6.27. The van der Waals surface area contributed by atoms with Gasteiger partial charge in [-0.2, -0.15) is 0 Å². The van der Waals surface area contributed by atoms with E-state index >= 15 is 0 Å². The monoisotopic (exact) mass is 329 g/mol. The molecule has 2 heterocycles. The van der Waals surface area contributed by atoms with E-state index < -0.39 is 0 Å². The first-order chi connectivity index (χ1) is 11.8. The summed E-state index contributed by atoms with van der Waals surface area (Å²) >= 11 is 0. The molecule has 2 aliphatic heterocycles. The molecular formula is C20H31N3O. The van der Waals surface area contributed by atoms with Crippen LogP contribution in [0.4, 0.5) is 0 Å². The molecule has 2 fully saturated rings. The number of rotatable bonds is 6. The van der Waals surface area contributed by atoms with Gasteiger partial charge in [-0.15, -0.1) is 0 Å². The Morgan fingerprint density at radius 1 is 1.29 bits per heavy atom. The molecule has 0 aromatic heterocycles. The van der Waals surface area contributed by atoms with E-state index in [0.29, 0.717) is 11.9 Å². The maximum Gasteiger partial charge on any atom is 0.227 e. The highest BCUT2D eigenvalue weighted by atomic mass is 16.2. The Hall–Kier alpha value is -1.39. The molecule has 2 saturated heterocycles. The molecule has 4 heteroatoms. The van der Waals surface area contributed by atoms with E-state index in [1.165, 1.54) is 5.56 Å². The number of benzene rings is 1. The van der Waals surface area contributed by atoms with Gasteiger partial charge < -0.3 is 10.2 Å². The first kappa shape index (κ1) is 17.4. The normalized spacial score (nSPS) is 24.9. The van der Waals surface area contributed by atoms with Gasteiger partial charge in [-0.3, -0.25) is 9.69 Å². The molecule has 2 unspecified atom stereocenters. The topological polar surface area (TPSA) is 35.6 Å². The number of hydrogen-bond donors (Lipinski definition) is 1. The number of carbonyl (C=O) groups is 1. The molecule has 1 aromatic carbocycles. The molecule has 2 atom stereocenters. The van der Waals surface area contributed by atoms with Crippen LogP contribution in [0.3, 0.4) is 0 Å². The highest BCUT2D eigenvalue weighted by molar-refractivity contribution is 5.79. The quantitative estimate of drug-likeness (QED) is 0.871. The van der Waals surface area contributed by atoms with Crippen LogP contribution in [0.25, 0.3) is 0 Å². The number of likely N-dealkylation sites (tertiary alicyclic amines) is 1. The third-order valence-corrected chi connectivity index (χ3v) is 5.33. The Bertz CT molecular complexity index is 513. The van der Waals surface area contributed by atoms with Crippen LogP contribution in [-0.2, 0) is 11.3 Å². The largest absolute Gasteiger partial charge is 0.338 e. The number of hydrogen-bond acceptors (Lipinski definition) is 3. The summed E-state index contributed by atoms with van der Waals surface area (Å²) in [5.74, 6) is 0.568. The molecule has 132 valence electrons. The second-order valence-electron chi connectivity index (χ2n) is 7.24. The Labute approximate surface area is 146 Å². The van der Waals surface area contributed by atoms with Crippen LogP contribution in [0.2, 0.25) is 0 Å². The number of nitrogens with one attached hydrogen (secondary N) is 1. The lowest BCUT2D eigenvalue weighted by atomic mass is 9.95. The molecule has 24 heavy (non-hydrogen) atoms. The van der Waals surface area contributed by atoms with Crippen LogP contribution < -0.4 is 5.32 Å². The van der Waals surface area contributed by atoms with Crippen molar-refractivity contribution in [1.29, 1.82) is 0 Å². The highest BCUT2D eigenvalue weighted by Crippen LogP contribution is 2.23. The fourth-order valence-electron chi connectivity index (χ4n) is 4.10. The summed E-state index contributed by atoms with van der Waals surface area (Å²) in [6, 6.07) is 11.0. The summed E-state index contributed by atoms with van der Waals surface area (Å²) in [6.45, 7) is 8.07. The third kappa shape index (κ3) is 4.37. The number of piperidine rings is 1. The SMILES string of the molecule is CCCN(C(=O)C1CCCN(Cc2ccccc2)C1)C1CCNC1. The van der Waals surface area contributed by atoms with E-state index in [9.17, 15) is 4.79 Å². The molecule has 0 spiro atoms. The Morgan fingerprint density at radius 2 is 2.12 bits per heavy atom. The van der Waals surface area contributed by atoms with Crippen molar-refractivity contribution < 1.29 is 4.79 Å². The maximum atomic E-state index is 13.1. The van der Waals surface area contributed by atoms with Crippen molar-refractivity contribution in [1.82, 2.24) is 15.1 Å². The molecule has 0 saturated carbocycles. The fraction of sp³-hybridized carbons (Fsp3) is 0.650. The standard InChI is InChI=1S/C20H31N3O/c1-2-12-23(19-10-11-21-14-19)20(24)18-9-6-13-22(16-18)15-17-7-4-3-5-8-17/h3-5,7-8,18-19,21H,2,6,9-16H2,1H3. The van der Waals surface area contributed by atoms with Crippen LogP contribution in [0.15, 0.2) is 30.3 Å². The number of carbonyl (C=O) groups excluding carboxylic acids is 1.